The van der Waals surface area contributed by atoms with Gasteiger partial charge >= 0.3 is 0 Å². The summed E-state index contributed by atoms with van der Waals surface area (Å²) in [7, 11) is 0. The van der Waals surface area contributed by atoms with Crippen molar-refractivity contribution in [2.45, 2.75) is 53.6 Å². The van der Waals surface area contributed by atoms with Crippen LogP contribution in [0.15, 0.2) is 18.2 Å². The van der Waals surface area contributed by atoms with Crippen molar-refractivity contribution in [1.82, 2.24) is 4.90 Å². The van der Waals surface area contributed by atoms with Gasteiger partial charge in [-0.1, -0.05) is 19.9 Å². The van der Waals surface area contributed by atoms with Crippen LogP contribution in [0.1, 0.15) is 40.2 Å². The van der Waals surface area contributed by atoms with Crippen molar-refractivity contribution in [3.63, 3.8) is 0 Å². The average Bonchev–Trinajstić information content (AvgIpc) is 2.38. The fourth-order valence-corrected chi connectivity index (χ4v) is 2.40. The van der Waals surface area contributed by atoms with Gasteiger partial charge in [-0.2, -0.15) is 0 Å². The number of nitrogens with zero attached hydrogens (tertiary/aromatic N) is 1. The van der Waals surface area contributed by atoms with Crippen LogP contribution in [-0.4, -0.2) is 29.4 Å². The molecule has 0 aliphatic carbocycles. The third-order valence-electron chi connectivity index (χ3n) is 3.64. The van der Waals surface area contributed by atoms with Gasteiger partial charge in [0.2, 0.25) is 5.91 Å². The first kappa shape index (κ1) is 17.5. The Morgan fingerprint density at radius 1 is 1.24 bits per heavy atom. The number of nitrogens with two attached hydrogens (primary N) is 1. The molecule has 21 heavy (non-hydrogen) atoms. The Bertz CT molecular complexity index is 483. The Morgan fingerprint density at radius 3 is 2.38 bits per heavy atom. The molecular formula is C17H29N3O. The van der Waals surface area contributed by atoms with Crippen molar-refractivity contribution in [1.29, 1.82) is 0 Å². The molecule has 1 atom stereocenters. The molecule has 0 radical (unpaired) electrons. The molecule has 4 heteroatoms. The average molecular weight is 291 g/mol. The molecule has 0 saturated heterocycles. The molecule has 4 nitrogen and oxygen atoms in total. The maximum Gasteiger partial charge on any atom is 0.241 e. The number of aryl methyl sites for hydroxylation is 1. The summed E-state index contributed by atoms with van der Waals surface area (Å²) in [5.74, 6) is 0.537. The van der Waals surface area contributed by atoms with Crippen LogP contribution < -0.4 is 11.1 Å². The molecule has 1 amide bonds. The van der Waals surface area contributed by atoms with E-state index in [-0.39, 0.29) is 11.9 Å². The smallest absolute Gasteiger partial charge is 0.241 e. The molecule has 0 fully saturated rings. The van der Waals surface area contributed by atoms with E-state index in [0.717, 1.165) is 17.8 Å². The number of hydrogen-bond donors (Lipinski definition) is 2. The van der Waals surface area contributed by atoms with Gasteiger partial charge in [-0.3, -0.25) is 9.69 Å². The van der Waals surface area contributed by atoms with Gasteiger partial charge in [-0.25, -0.2) is 0 Å². The lowest BCUT2D eigenvalue weighted by molar-refractivity contribution is -0.121. The molecule has 0 bridgehead atoms. The molecule has 0 saturated carbocycles. The number of benzene rings is 1. The molecule has 1 aromatic rings. The zero-order valence-electron chi connectivity index (χ0n) is 14.1. The highest BCUT2D eigenvalue weighted by Crippen LogP contribution is 2.19. The van der Waals surface area contributed by atoms with Crippen LogP contribution in [0.2, 0.25) is 0 Å². The van der Waals surface area contributed by atoms with Crippen LogP contribution >= 0.6 is 0 Å². The first-order valence-electron chi connectivity index (χ1n) is 7.65. The summed E-state index contributed by atoms with van der Waals surface area (Å²) in [6.07, 6.45) is 0. The summed E-state index contributed by atoms with van der Waals surface area (Å²) in [4.78, 5) is 14.7. The van der Waals surface area contributed by atoms with Crippen molar-refractivity contribution < 1.29 is 4.79 Å². The van der Waals surface area contributed by atoms with E-state index in [1.54, 1.807) is 0 Å². The van der Waals surface area contributed by atoms with Crippen molar-refractivity contribution in [3.05, 3.63) is 23.8 Å². The minimum atomic E-state index is -0.173. The van der Waals surface area contributed by atoms with E-state index in [1.165, 1.54) is 0 Å². The largest absolute Gasteiger partial charge is 0.399 e. The Hall–Kier alpha value is -1.55. The van der Waals surface area contributed by atoms with Crippen LogP contribution in [0.3, 0.4) is 0 Å². The van der Waals surface area contributed by atoms with Gasteiger partial charge in [-0.05, 0) is 51.3 Å². The van der Waals surface area contributed by atoms with Gasteiger partial charge < -0.3 is 11.1 Å². The number of carbonyl (C=O) groups excluding carboxylic acids is 1. The lowest BCUT2D eigenvalue weighted by atomic mass is 10.1. The van der Waals surface area contributed by atoms with E-state index in [0.29, 0.717) is 17.6 Å². The number of nitrogen functional groups attached to an aromatic ring is 1. The molecule has 3 N–H and O–H groups in total. The molecule has 0 aliphatic heterocycles. The van der Waals surface area contributed by atoms with Gasteiger partial charge in [0.1, 0.15) is 0 Å². The third-order valence-corrected chi connectivity index (χ3v) is 3.64. The zero-order valence-corrected chi connectivity index (χ0v) is 14.1. The Balaban J connectivity index is 2.83. The highest BCUT2D eigenvalue weighted by Gasteiger charge is 2.24. The standard InChI is InChI=1S/C17H29N3O/c1-11(2)10-20(12(3)4)14(6)17(21)19-16-9-15(18)8-7-13(16)5/h7-9,11-12,14H,10,18H2,1-6H3,(H,19,21). The number of nitrogens with one attached hydrogen (secondary N) is 1. The fraction of sp³-hybridized carbons (Fsp3) is 0.588. The minimum absolute atomic E-state index is 0.0121. The Labute approximate surface area is 128 Å². The highest BCUT2D eigenvalue weighted by atomic mass is 16.2. The fourth-order valence-electron chi connectivity index (χ4n) is 2.40. The molecule has 1 aromatic carbocycles. The lowest BCUT2D eigenvalue weighted by Crippen LogP contribution is -2.47. The highest BCUT2D eigenvalue weighted by molar-refractivity contribution is 5.95. The quantitative estimate of drug-likeness (QED) is 0.791. The number of hydrogen-bond acceptors (Lipinski definition) is 3. The summed E-state index contributed by atoms with van der Waals surface area (Å²) in [5, 5.41) is 3.00. The van der Waals surface area contributed by atoms with Crippen LogP contribution in [0.5, 0.6) is 0 Å². The van der Waals surface area contributed by atoms with Crippen molar-refractivity contribution in [3.8, 4) is 0 Å². The van der Waals surface area contributed by atoms with Gasteiger partial charge in [0.25, 0.3) is 0 Å². The summed E-state index contributed by atoms with van der Waals surface area (Å²) in [6.45, 7) is 13.4. The summed E-state index contributed by atoms with van der Waals surface area (Å²) in [5.41, 5.74) is 8.26. The first-order valence-corrected chi connectivity index (χ1v) is 7.65. The molecule has 1 unspecified atom stereocenters. The van der Waals surface area contributed by atoms with Crippen LogP contribution in [0, 0.1) is 12.8 Å². The third kappa shape index (κ3) is 5.05. The second kappa shape index (κ2) is 7.46. The van der Waals surface area contributed by atoms with Gasteiger partial charge in [0.05, 0.1) is 6.04 Å². The van der Waals surface area contributed by atoms with E-state index in [1.807, 2.05) is 32.0 Å². The summed E-state index contributed by atoms with van der Waals surface area (Å²) >= 11 is 0. The SMILES string of the molecule is Cc1ccc(N)cc1NC(=O)C(C)N(CC(C)C)C(C)C. The van der Waals surface area contributed by atoms with E-state index in [4.69, 9.17) is 5.73 Å². The maximum absolute atomic E-state index is 12.5. The van der Waals surface area contributed by atoms with Crippen molar-refractivity contribution in [2.75, 3.05) is 17.6 Å². The summed E-state index contributed by atoms with van der Waals surface area (Å²) in [6, 6.07) is 5.72. The molecule has 1 rings (SSSR count). The normalized spacial score (nSPS) is 13.0. The second-order valence-corrected chi connectivity index (χ2v) is 6.42. The zero-order chi connectivity index (χ0) is 16.2. The van der Waals surface area contributed by atoms with Crippen molar-refractivity contribution in [2.24, 2.45) is 5.92 Å². The first-order chi connectivity index (χ1) is 9.72. The molecule has 0 aromatic heterocycles. The number of amides is 1. The monoisotopic (exact) mass is 291 g/mol. The number of anilines is 2. The van der Waals surface area contributed by atoms with E-state index >= 15 is 0 Å². The van der Waals surface area contributed by atoms with Crippen LogP contribution in [0.4, 0.5) is 11.4 Å². The minimum Gasteiger partial charge on any atom is -0.399 e. The van der Waals surface area contributed by atoms with E-state index in [2.05, 4.69) is 37.9 Å². The molecule has 0 aliphatic rings. The molecule has 0 spiro atoms. The maximum atomic E-state index is 12.5. The van der Waals surface area contributed by atoms with E-state index in [9.17, 15) is 4.79 Å². The Morgan fingerprint density at radius 2 is 1.86 bits per heavy atom. The number of carbonyl (C=O) groups is 1. The topological polar surface area (TPSA) is 58.4 Å². The van der Waals surface area contributed by atoms with E-state index < -0.39 is 0 Å². The predicted molar refractivity (Wildman–Crippen MR) is 90.4 cm³/mol. The van der Waals surface area contributed by atoms with Crippen LogP contribution in [0.25, 0.3) is 0 Å². The van der Waals surface area contributed by atoms with Gasteiger partial charge in [-0.15, -0.1) is 0 Å². The predicted octanol–water partition coefficient (Wildman–Crippen LogP) is 3.27. The summed E-state index contributed by atoms with van der Waals surface area (Å²) < 4.78 is 0. The second-order valence-electron chi connectivity index (χ2n) is 6.42. The molecule has 0 heterocycles. The molecular weight excluding hydrogens is 262 g/mol. The lowest BCUT2D eigenvalue weighted by Gasteiger charge is -2.33. The number of rotatable bonds is 6. The van der Waals surface area contributed by atoms with Crippen molar-refractivity contribution >= 4 is 17.3 Å². The Kier molecular flexibility index (Phi) is 6.21. The van der Waals surface area contributed by atoms with Gasteiger partial charge in [0, 0.05) is 24.0 Å². The van der Waals surface area contributed by atoms with Crippen LogP contribution in [-0.2, 0) is 4.79 Å². The molecule has 118 valence electrons. The van der Waals surface area contributed by atoms with Gasteiger partial charge in [0.15, 0.2) is 0 Å².